The second-order valence-corrected chi connectivity index (χ2v) is 5.75. The molecule has 19 heavy (non-hydrogen) atoms. The number of hydrogen-bond acceptors (Lipinski definition) is 3. The fourth-order valence-electron chi connectivity index (χ4n) is 2.94. The van der Waals surface area contributed by atoms with E-state index in [9.17, 15) is 0 Å². The molecule has 0 spiro atoms. The molecule has 1 aromatic heterocycles. The highest BCUT2D eigenvalue weighted by Gasteiger charge is 2.31. The van der Waals surface area contributed by atoms with Crippen molar-refractivity contribution < 1.29 is 0 Å². The van der Waals surface area contributed by atoms with Crippen molar-refractivity contribution in [3.63, 3.8) is 0 Å². The van der Waals surface area contributed by atoms with Crippen LogP contribution in [-0.2, 0) is 0 Å². The van der Waals surface area contributed by atoms with Gasteiger partial charge in [0.1, 0.15) is 11.6 Å². The molecule has 2 N–H and O–H groups in total. The van der Waals surface area contributed by atoms with Gasteiger partial charge in [0, 0.05) is 13.1 Å². The molecule has 106 valence electrons. The van der Waals surface area contributed by atoms with Gasteiger partial charge in [0.2, 0.25) is 0 Å². The van der Waals surface area contributed by atoms with Crippen molar-refractivity contribution in [2.24, 2.45) is 5.41 Å². The van der Waals surface area contributed by atoms with Crippen LogP contribution in [0.25, 0.3) is 0 Å². The Hall–Kier alpha value is -1.25. The van der Waals surface area contributed by atoms with Crippen molar-refractivity contribution in [2.45, 2.75) is 52.4 Å². The van der Waals surface area contributed by atoms with Crippen LogP contribution in [0, 0.1) is 5.41 Å². The molecule has 0 radical (unpaired) electrons. The van der Waals surface area contributed by atoms with Crippen LogP contribution in [0.5, 0.6) is 0 Å². The third-order valence-electron chi connectivity index (χ3n) is 4.36. The predicted octanol–water partition coefficient (Wildman–Crippen LogP) is 4.29. The number of anilines is 2. The third-order valence-corrected chi connectivity index (χ3v) is 4.36. The molecule has 0 aliphatic heterocycles. The van der Waals surface area contributed by atoms with Crippen molar-refractivity contribution in [1.29, 1.82) is 0 Å². The maximum absolute atomic E-state index is 4.61. The zero-order valence-corrected chi connectivity index (χ0v) is 12.3. The largest absolute Gasteiger partial charge is 0.370 e. The zero-order chi connectivity index (χ0) is 13.6. The zero-order valence-electron chi connectivity index (χ0n) is 12.3. The van der Waals surface area contributed by atoms with Gasteiger partial charge in [-0.15, -0.1) is 0 Å². The Labute approximate surface area is 117 Å². The molecule has 0 amide bonds. The van der Waals surface area contributed by atoms with Gasteiger partial charge in [-0.05, 0) is 43.2 Å². The minimum atomic E-state index is 0.508. The molecular weight excluding hydrogens is 234 g/mol. The lowest BCUT2D eigenvalue weighted by molar-refractivity contribution is 0.306. The van der Waals surface area contributed by atoms with E-state index in [1.54, 1.807) is 0 Å². The van der Waals surface area contributed by atoms with E-state index in [0.29, 0.717) is 5.41 Å². The van der Waals surface area contributed by atoms with E-state index in [4.69, 9.17) is 0 Å². The van der Waals surface area contributed by atoms with Gasteiger partial charge < -0.3 is 10.6 Å². The highest BCUT2D eigenvalue weighted by Crippen LogP contribution is 2.40. The van der Waals surface area contributed by atoms with Crippen molar-refractivity contribution in [2.75, 3.05) is 23.7 Å². The first-order valence-electron chi connectivity index (χ1n) is 7.73. The topological polar surface area (TPSA) is 37.0 Å². The van der Waals surface area contributed by atoms with Crippen molar-refractivity contribution in [3.05, 3.63) is 18.2 Å². The van der Waals surface area contributed by atoms with Crippen LogP contribution in [0.2, 0.25) is 0 Å². The number of aromatic nitrogens is 1. The van der Waals surface area contributed by atoms with Gasteiger partial charge >= 0.3 is 0 Å². The molecule has 0 bridgehead atoms. The molecule has 1 aromatic rings. The summed E-state index contributed by atoms with van der Waals surface area (Å²) in [6.07, 6.45) is 7.91. The van der Waals surface area contributed by atoms with Gasteiger partial charge in [0.15, 0.2) is 0 Å². The molecule has 2 rings (SSSR count). The molecule has 0 atom stereocenters. The van der Waals surface area contributed by atoms with E-state index in [1.807, 2.05) is 6.07 Å². The summed E-state index contributed by atoms with van der Waals surface area (Å²) in [4.78, 5) is 4.61. The average molecular weight is 261 g/mol. The summed E-state index contributed by atoms with van der Waals surface area (Å²) >= 11 is 0. The summed E-state index contributed by atoms with van der Waals surface area (Å²) in [5, 5.41) is 6.88. The Morgan fingerprint density at radius 1 is 1.11 bits per heavy atom. The van der Waals surface area contributed by atoms with Gasteiger partial charge in [-0.1, -0.05) is 32.8 Å². The summed E-state index contributed by atoms with van der Waals surface area (Å²) in [6, 6.07) is 6.17. The Morgan fingerprint density at radius 3 is 2.42 bits per heavy atom. The lowest BCUT2D eigenvalue weighted by Gasteiger charge is -2.28. The molecule has 1 heterocycles. The maximum atomic E-state index is 4.61. The number of nitrogens with zero attached hydrogens (tertiary/aromatic N) is 1. The minimum absolute atomic E-state index is 0.508. The van der Waals surface area contributed by atoms with E-state index in [2.05, 4.69) is 41.6 Å². The van der Waals surface area contributed by atoms with E-state index in [0.717, 1.165) is 31.1 Å². The molecule has 1 aliphatic rings. The SMILES string of the molecule is CCCNc1cccc(NCC2(CC)CCCC2)n1. The van der Waals surface area contributed by atoms with E-state index >= 15 is 0 Å². The summed E-state index contributed by atoms with van der Waals surface area (Å²) in [7, 11) is 0. The number of nitrogens with one attached hydrogen (secondary N) is 2. The standard InChI is InChI=1S/C16H27N3/c1-3-12-17-14-8-7-9-15(19-14)18-13-16(4-2)10-5-6-11-16/h7-9H,3-6,10-13H2,1-2H3,(H2,17,18,19). The smallest absolute Gasteiger partial charge is 0.128 e. The molecule has 0 saturated heterocycles. The van der Waals surface area contributed by atoms with Gasteiger partial charge in [-0.3, -0.25) is 0 Å². The fourth-order valence-corrected chi connectivity index (χ4v) is 2.94. The highest BCUT2D eigenvalue weighted by atomic mass is 15.1. The Morgan fingerprint density at radius 2 is 1.79 bits per heavy atom. The predicted molar refractivity (Wildman–Crippen MR) is 82.7 cm³/mol. The second-order valence-electron chi connectivity index (χ2n) is 5.75. The molecular formula is C16H27N3. The van der Waals surface area contributed by atoms with Crippen molar-refractivity contribution in [1.82, 2.24) is 4.98 Å². The van der Waals surface area contributed by atoms with Crippen LogP contribution >= 0.6 is 0 Å². The first kappa shape index (κ1) is 14.2. The summed E-state index contributed by atoms with van der Waals surface area (Å²) in [6.45, 7) is 6.53. The highest BCUT2D eigenvalue weighted by molar-refractivity contribution is 5.45. The average Bonchev–Trinajstić information content (AvgIpc) is 2.93. The van der Waals surface area contributed by atoms with Crippen LogP contribution in [0.4, 0.5) is 11.6 Å². The summed E-state index contributed by atoms with van der Waals surface area (Å²) in [5.74, 6) is 1.98. The molecule has 3 heteroatoms. The van der Waals surface area contributed by atoms with E-state index < -0.39 is 0 Å². The molecule has 0 aromatic carbocycles. The first-order chi connectivity index (χ1) is 9.28. The van der Waals surface area contributed by atoms with Gasteiger partial charge in [0.25, 0.3) is 0 Å². The van der Waals surface area contributed by atoms with Gasteiger partial charge in [-0.2, -0.15) is 0 Å². The number of rotatable bonds is 7. The first-order valence-corrected chi connectivity index (χ1v) is 7.73. The fraction of sp³-hybridized carbons (Fsp3) is 0.688. The minimum Gasteiger partial charge on any atom is -0.370 e. The Balaban J connectivity index is 1.91. The van der Waals surface area contributed by atoms with Crippen LogP contribution in [0.3, 0.4) is 0 Å². The lowest BCUT2D eigenvalue weighted by Crippen LogP contribution is -2.26. The molecule has 1 aliphatic carbocycles. The third kappa shape index (κ3) is 3.85. The summed E-state index contributed by atoms with van der Waals surface area (Å²) < 4.78 is 0. The van der Waals surface area contributed by atoms with Crippen LogP contribution in [0.1, 0.15) is 52.4 Å². The Kier molecular flexibility index (Phi) is 5.06. The molecule has 1 fully saturated rings. The second kappa shape index (κ2) is 6.78. The van der Waals surface area contributed by atoms with Crippen LogP contribution in [0.15, 0.2) is 18.2 Å². The van der Waals surface area contributed by atoms with E-state index in [-0.39, 0.29) is 0 Å². The number of hydrogen-bond donors (Lipinski definition) is 2. The van der Waals surface area contributed by atoms with Crippen molar-refractivity contribution in [3.8, 4) is 0 Å². The van der Waals surface area contributed by atoms with Gasteiger partial charge in [-0.25, -0.2) is 4.98 Å². The number of pyridine rings is 1. The molecule has 1 saturated carbocycles. The van der Waals surface area contributed by atoms with Crippen LogP contribution < -0.4 is 10.6 Å². The lowest BCUT2D eigenvalue weighted by atomic mass is 9.83. The Bertz CT molecular complexity index is 383. The quantitative estimate of drug-likeness (QED) is 0.769. The summed E-state index contributed by atoms with van der Waals surface area (Å²) in [5.41, 5.74) is 0.508. The van der Waals surface area contributed by atoms with E-state index in [1.165, 1.54) is 32.1 Å². The van der Waals surface area contributed by atoms with Crippen LogP contribution in [-0.4, -0.2) is 18.1 Å². The monoisotopic (exact) mass is 261 g/mol. The molecule has 3 nitrogen and oxygen atoms in total. The molecule has 0 unspecified atom stereocenters. The van der Waals surface area contributed by atoms with Crippen molar-refractivity contribution >= 4 is 11.6 Å². The van der Waals surface area contributed by atoms with Gasteiger partial charge in [0.05, 0.1) is 0 Å². The normalized spacial score (nSPS) is 17.4. The maximum Gasteiger partial charge on any atom is 0.128 e.